The van der Waals surface area contributed by atoms with Gasteiger partial charge in [-0.3, -0.25) is 4.90 Å². The fourth-order valence-corrected chi connectivity index (χ4v) is 3.27. The van der Waals surface area contributed by atoms with E-state index in [1.807, 2.05) is 11.8 Å². The largest absolute Gasteiger partial charge is 0.315 e. The van der Waals surface area contributed by atoms with Gasteiger partial charge < -0.3 is 5.32 Å². The van der Waals surface area contributed by atoms with Gasteiger partial charge in [0.25, 0.3) is 0 Å². The van der Waals surface area contributed by atoms with Crippen LogP contribution in [0.25, 0.3) is 0 Å². The third-order valence-corrected chi connectivity index (χ3v) is 4.60. The van der Waals surface area contributed by atoms with Gasteiger partial charge in [0.2, 0.25) is 0 Å². The highest BCUT2D eigenvalue weighted by atomic mass is 32.2. The molecule has 0 aromatic carbocycles. The Kier molecular flexibility index (Phi) is 4.14. The second kappa shape index (κ2) is 5.38. The zero-order valence-electron chi connectivity index (χ0n) is 9.17. The molecule has 0 radical (unpaired) electrons. The van der Waals surface area contributed by atoms with Crippen molar-refractivity contribution in [1.82, 2.24) is 10.2 Å². The summed E-state index contributed by atoms with van der Waals surface area (Å²) in [6.45, 7) is 5.11. The van der Waals surface area contributed by atoms with Crippen molar-refractivity contribution >= 4 is 11.8 Å². The van der Waals surface area contributed by atoms with E-state index in [-0.39, 0.29) is 0 Å². The normalized spacial score (nSPS) is 35.8. The van der Waals surface area contributed by atoms with Gasteiger partial charge in [-0.1, -0.05) is 6.42 Å². The van der Waals surface area contributed by atoms with Crippen LogP contribution in [0.1, 0.15) is 25.7 Å². The molecule has 2 aliphatic rings. The summed E-state index contributed by atoms with van der Waals surface area (Å²) < 4.78 is 0. The first-order valence-corrected chi connectivity index (χ1v) is 7.16. The van der Waals surface area contributed by atoms with Gasteiger partial charge >= 0.3 is 0 Å². The van der Waals surface area contributed by atoms with Crippen LogP contribution >= 0.6 is 11.8 Å². The van der Waals surface area contributed by atoms with Crippen LogP contribution in [0.5, 0.6) is 0 Å². The molecular formula is C11H22N2S. The predicted octanol–water partition coefficient (Wildman–Crippen LogP) is 1.57. The van der Waals surface area contributed by atoms with E-state index in [0.717, 1.165) is 11.3 Å². The molecule has 3 heteroatoms. The van der Waals surface area contributed by atoms with E-state index in [1.54, 1.807) is 0 Å². The molecule has 1 N–H and O–H groups in total. The molecule has 0 amide bonds. The van der Waals surface area contributed by atoms with Crippen molar-refractivity contribution in [2.24, 2.45) is 0 Å². The maximum atomic E-state index is 3.56. The second-order valence-corrected chi connectivity index (χ2v) is 5.63. The van der Waals surface area contributed by atoms with Crippen LogP contribution in [0.15, 0.2) is 0 Å². The highest BCUT2D eigenvalue weighted by molar-refractivity contribution is 7.99. The van der Waals surface area contributed by atoms with Gasteiger partial charge in [-0.05, 0) is 38.6 Å². The minimum absolute atomic E-state index is 0.828. The fourth-order valence-electron chi connectivity index (χ4n) is 2.59. The summed E-state index contributed by atoms with van der Waals surface area (Å²) >= 11 is 2.04. The van der Waals surface area contributed by atoms with Crippen LogP contribution < -0.4 is 5.32 Å². The number of thioether (sulfide) groups is 1. The predicted molar refractivity (Wildman–Crippen MR) is 64.0 cm³/mol. The van der Waals surface area contributed by atoms with E-state index in [4.69, 9.17) is 0 Å². The van der Waals surface area contributed by atoms with Gasteiger partial charge in [0.1, 0.15) is 0 Å². The van der Waals surface area contributed by atoms with Gasteiger partial charge in [0, 0.05) is 24.4 Å². The monoisotopic (exact) mass is 214 g/mol. The molecule has 14 heavy (non-hydrogen) atoms. The molecule has 0 saturated carbocycles. The number of nitrogens with zero attached hydrogens (tertiary/aromatic N) is 1. The molecule has 2 nitrogen and oxygen atoms in total. The Bertz CT molecular complexity index is 167. The van der Waals surface area contributed by atoms with E-state index < -0.39 is 0 Å². The quantitative estimate of drug-likeness (QED) is 0.751. The fraction of sp³-hybridized carbons (Fsp3) is 1.00. The van der Waals surface area contributed by atoms with Crippen molar-refractivity contribution in [2.45, 2.75) is 37.0 Å². The Hall–Kier alpha value is 0.270. The SMILES string of the molecule is CSC1CCN(C2CCCCNC2)C1. The van der Waals surface area contributed by atoms with E-state index in [1.165, 1.54) is 51.9 Å². The van der Waals surface area contributed by atoms with Crippen LogP contribution in [0.4, 0.5) is 0 Å². The lowest BCUT2D eigenvalue weighted by molar-refractivity contribution is 0.232. The molecule has 0 aromatic rings. The summed E-state index contributed by atoms with van der Waals surface area (Å²) in [5, 5.41) is 4.46. The van der Waals surface area contributed by atoms with E-state index in [9.17, 15) is 0 Å². The Morgan fingerprint density at radius 2 is 2.21 bits per heavy atom. The molecule has 2 unspecified atom stereocenters. The molecule has 0 aliphatic carbocycles. The summed E-state index contributed by atoms with van der Waals surface area (Å²) in [4.78, 5) is 2.71. The smallest absolute Gasteiger partial charge is 0.0221 e. The third-order valence-electron chi connectivity index (χ3n) is 3.55. The first-order chi connectivity index (χ1) is 6.90. The molecule has 2 rings (SSSR count). The average molecular weight is 214 g/mol. The maximum absolute atomic E-state index is 3.56. The van der Waals surface area contributed by atoms with Crippen LogP contribution in [-0.4, -0.2) is 48.6 Å². The number of hydrogen-bond acceptors (Lipinski definition) is 3. The number of hydrogen-bond donors (Lipinski definition) is 1. The summed E-state index contributed by atoms with van der Waals surface area (Å²) in [6.07, 6.45) is 7.85. The van der Waals surface area contributed by atoms with Gasteiger partial charge in [0.05, 0.1) is 0 Å². The average Bonchev–Trinajstić information content (AvgIpc) is 2.53. The highest BCUT2D eigenvalue weighted by Gasteiger charge is 2.27. The Morgan fingerprint density at radius 1 is 1.29 bits per heavy atom. The lowest BCUT2D eigenvalue weighted by atomic mass is 10.1. The van der Waals surface area contributed by atoms with Gasteiger partial charge in [-0.25, -0.2) is 0 Å². The number of nitrogens with one attached hydrogen (secondary N) is 1. The Morgan fingerprint density at radius 3 is 3.00 bits per heavy atom. The molecule has 2 aliphatic heterocycles. The number of likely N-dealkylation sites (tertiary alicyclic amines) is 1. The second-order valence-electron chi connectivity index (χ2n) is 4.50. The molecule has 0 bridgehead atoms. The van der Waals surface area contributed by atoms with Crippen LogP contribution in [0, 0.1) is 0 Å². The molecule has 0 aromatic heterocycles. The van der Waals surface area contributed by atoms with Gasteiger partial charge in [-0.2, -0.15) is 11.8 Å². The van der Waals surface area contributed by atoms with E-state index >= 15 is 0 Å². The number of rotatable bonds is 2. The minimum Gasteiger partial charge on any atom is -0.315 e. The van der Waals surface area contributed by atoms with Crippen LogP contribution in [-0.2, 0) is 0 Å². The zero-order chi connectivity index (χ0) is 9.80. The lowest BCUT2D eigenvalue weighted by Crippen LogP contribution is -2.40. The van der Waals surface area contributed by atoms with E-state index in [0.29, 0.717) is 0 Å². The minimum atomic E-state index is 0.828. The molecule has 2 fully saturated rings. The van der Waals surface area contributed by atoms with Crippen molar-refractivity contribution in [3.8, 4) is 0 Å². The first kappa shape index (κ1) is 10.8. The third kappa shape index (κ3) is 2.65. The molecular weight excluding hydrogens is 192 g/mol. The van der Waals surface area contributed by atoms with Gasteiger partial charge in [-0.15, -0.1) is 0 Å². The van der Waals surface area contributed by atoms with Crippen molar-refractivity contribution in [3.05, 3.63) is 0 Å². The molecule has 82 valence electrons. The lowest BCUT2D eigenvalue weighted by Gasteiger charge is -2.26. The molecule has 2 heterocycles. The Labute approximate surface area is 91.8 Å². The van der Waals surface area contributed by atoms with Crippen LogP contribution in [0.2, 0.25) is 0 Å². The topological polar surface area (TPSA) is 15.3 Å². The van der Waals surface area contributed by atoms with Gasteiger partial charge in [0.15, 0.2) is 0 Å². The highest BCUT2D eigenvalue weighted by Crippen LogP contribution is 2.24. The molecule has 2 saturated heterocycles. The van der Waals surface area contributed by atoms with Crippen molar-refractivity contribution in [1.29, 1.82) is 0 Å². The van der Waals surface area contributed by atoms with Crippen molar-refractivity contribution < 1.29 is 0 Å². The first-order valence-electron chi connectivity index (χ1n) is 5.87. The van der Waals surface area contributed by atoms with Crippen molar-refractivity contribution in [3.63, 3.8) is 0 Å². The van der Waals surface area contributed by atoms with Crippen molar-refractivity contribution in [2.75, 3.05) is 32.4 Å². The summed E-state index contributed by atoms with van der Waals surface area (Å²) in [7, 11) is 0. The summed E-state index contributed by atoms with van der Waals surface area (Å²) in [5.74, 6) is 0. The van der Waals surface area contributed by atoms with E-state index in [2.05, 4.69) is 16.5 Å². The Balaban J connectivity index is 1.82. The summed E-state index contributed by atoms with van der Waals surface area (Å²) in [6, 6.07) is 0.828. The van der Waals surface area contributed by atoms with Crippen LogP contribution in [0.3, 0.4) is 0 Å². The maximum Gasteiger partial charge on any atom is 0.0221 e. The molecule has 0 spiro atoms. The zero-order valence-corrected chi connectivity index (χ0v) is 9.98. The standard InChI is InChI=1S/C11H22N2S/c1-14-11-5-7-13(9-11)10-4-2-3-6-12-8-10/h10-12H,2-9H2,1H3. The summed E-state index contributed by atoms with van der Waals surface area (Å²) in [5.41, 5.74) is 0. The molecule has 2 atom stereocenters.